The number of aromatic nitrogens is 1. The van der Waals surface area contributed by atoms with Crippen molar-refractivity contribution in [2.75, 3.05) is 20.3 Å². The minimum atomic E-state index is -0.182. The number of halogens is 1. The molecule has 6 heteroatoms. The number of benzene rings is 1. The molecule has 0 aliphatic rings. The highest BCUT2D eigenvalue weighted by Gasteiger charge is 2.13. The summed E-state index contributed by atoms with van der Waals surface area (Å²) in [5, 5.41) is 13.5. The summed E-state index contributed by atoms with van der Waals surface area (Å²) >= 11 is 5.99. The molecule has 0 fully saturated rings. The molecule has 0 unspecified atom stereocenters. The number of ether oxygens (including phenoxy) is 1. The van der Waals surface area contributed by atoms with Gasteiger partial charge in [0.05, 0.1) is 12.6 Å². The Hall–Kier alpha value is -1.56. The minimum Gasteiger partial charge on any atom is -0.396 e. The van der Waals surface area contributed by atoms with E-state index in [0.29, 0.717) is 18.1 Å². The van der Waals surface area contributed by atoms with E-state index in [9.17, 15) is 4.79 Å². The van der Waals surface area contributed by atoms with Crippen LogP contribution < -0.4 is 5.32 Å². The number of nitrogens with zero attached hydrogens (tertiary/aromatic N) is 1. The first-order valence-corrected chi connectivity index (χ1v) is 7.15. The van der Waals surface area contributed by atoms with E-state index in [4.69, 9.17) is 21.4 Å². The predicted molar refractivity (Wildman–Crippen MR) is 82.5 cm³/mol. The molecule has 0 bridgehead atoms. The fourth-order valence-corrected chi connectivity index (χ4v) is 2.44. The van der Waals surface area contributed by atoms with Crippen LogP contribution in [0.25, 0.3) is 10.9 Å². The van der Waals surface area contributed by atoms with Crippen LogP contribution in [0.3, 0.4) is 0 Å². The van der Waals surface area contributed by atoms with Crippen LogP contribution in [0.2, 0.25) is 5.02 Å². The summed E-state index contributed by atoms with van der Waals surface area (Å²) in [6.07, 6.45) is 2.33. The molecule has 0 saturated carbocycles. The maximum absolute atomic E-state index is 12.1. The van der Waals surface area contributed by atoms with Gasteiger partial charge in [-0.2, -0.15) is 0 Å². The Balaban J connectivity index is 2.05. The highest BCUT2D eigenvalue weighted by molar-refractivity contribution is 6.31. The Morgan fingerprint density at radius 1 is 1.48 bits per heavy atom. The number of hydrogen-bond donors (Lipinski definition) is 2. The van der Waals surface area contributed by atoms with Crippen LogP contribution in [-0.2, 0) is 16.1 Å². The van der Waals surface area contributed by atoms with Crippen molar-refractivity contribution < 1.29 is 14.6 Å². The van der Waals surface area contributed by atoms with Gasteiger partial charge in [-0.05, 0) is 30.0 Å². The second kappa shape index (κ2) is 7.45. The average molecular weight is 311 g/mol. The molecule has 0 radical (unpaired) electrons. The largest absolute Gasteiger partial charge is 0.396 e. The van der Waals surface area contributed by atoms with Crippen LogP contribution in [0.15, 0.2) is 30.5 Å². The van der Waals surface area contributed by atoms with Crippen LogP contribution in [0.5, 0.6) is 0 Å². The lowest BCUT2D eigenvalue weighted by Gasteiger charge is -2.17. The number of nitrogens with one attached hydrogen (secondary N) is 1. The topological polar surface area (TPSA) is 63.5 Å². The Morgan fingerprint density at radius 3 is 3.00 bits per heavy atom. The molecule has 21 heavy (non-hydrogen) atoms. The normalized spacial score (nSPS) is 12.5. The summed E-state index contributed by atoms with van der Waals surface area (Å²) in [6.45, 7) is 0.594. The van der Waals surface area contributed by atoms with E-state index in [-0.39, 0.29) is 25.1 Å². The zero-order chi connectivity index (χ0) is 15.2. The molecule has 1 amide bonds. The second-order valence-electron chi connectivity index (χ2n) is 4.88. The third-order valence-electron chi connectivity index (χ3n) is 3.26. The van der Waals surface area contributed by atoms with Gasteiger partial charge in [0.15, 0.2) is 0 Å². The summed E-state index contributed by atoms with van der Waals surface area (Å²) < 4.78 is 6.88. The first kappa shape index (κ1) is 15.8. The van der Waals surface area contributed by atoms with Crippen molar-refractivity contribution in [3.8, 4) is 0 Å². The SMILES string of the molecule is COC[C@@H](CCO)NC(=O)Cn1ccc2ccc(Cl)cc21. The Morgan fingerprint density at radius 2 is 2.29 bits per heavy atom. The molecule has 0 spiro atoms. The van der Waals surface area contributed by atoms with Gasteiger partial charge >= 0.3 is 0 Å². The van der Waals surface area contributed by atoms with Gasteiger partial charge in [-0.25, -0.2) is 0 Å². The monoisotopic (exact) mass is 310 g/mol. The van der Waals surface area contributed by atoms with E-state index >= 15 is 0 Å². The van der Waals surface area contributed by atoms with Gasteiger partial charge in [-0.1, -0.05) is 17.7 Å². The van der Waals surface area contributed by atoms with E-state index in [0.717, 1.165) is 10.9 Å². The third kappa shape index (κ3) is 4.20. The Labute approximate surface area is 128 Å². The zero-order valence-corrected chi connectivity index (χ0v) is 12.6. The highest BCUT2D eigenvalue weighted by atomic mass is 35.5. The van der Waals surface area contributed by atoms with Crippen molar-refractivity contribution in [3.63, 3.8) is 0 Å². The maximum Gasteiger partial charge on any atom is 0.240 e. The molecule has 1 atom stereocenters. The molecule has 2 aromatic rings. The van der Waals surface area contributed by atoms with Crippen molar-refractivity contribution >= 4 is 28.4 Å². The smallest absolute Gasteiger partial charge is 0.240 e. The molecule has 114 valence electrons. The molecule has 2 N–H and O–H groups in total. The number of amides is 1. The highest BCUT2D eigenvalue weighted by Crippen LogP contribution is 2.20. The number of aliphatic hydroxyl groups is 1. The number of hydrogen-bond acceptors (Lipinski definition) is 3. The number of fused-ring (bicyclic) bond motifs is 1. The van der Waals surface area contributed by atoms with E-state index in [1.165, 1.54) is 0 Å². The molecule has 1 aromatic heterocycles. The second-order valence-corrected chi connectivity index (χ2v) is 5.32. The number of aliphatic hydroxyl groups excluding tert-OH is 1. The number of methoxy groups -OCH3 is 1. The third-order valence-corrected chi connectivity index (χ3v) is 3.50. The molecule has 1 heterocycles. The predicted octanol–water partition coefficient (Wildman–Crippen LogP) is 1.81. The van der Waals surface area contributed by atoms with Gasteiger partial charge in [0.1, 0.15) is 6.54 Å². The lowest BCUT2D eigenvalue weighted by atomic mass is 10.2. The minimum absolute atomic E-state index is 0.0103. The molecular formula is C15H19ClN2O3. The summed E-state index contributed by atoms with van der Waals surface area (Å²) in [5.41, 5.74) is 0.920. The quantitative estimate of drug-likeness (QED) is 0.820. The molecular weight excluding hydrogens is 292 g/mol. The van der Waals surface area contributed by atoms with Crippen LogP contribution in [0.1, 0.15) is 6.42 Å². The lowest BCUT2D eigenvalue weighted by Crippen LogP contribution is -2.40. The van der Waals surface area contributed by atoms with Crippen molar-refractivity contribution in [2.45, 2.75) is 19.0 Å². The van der Waals surface area contributed by atoms with Crippen molar-refractivity contribution in [2.24, 2.45) is 0 Å². The van der Waals surface area contributed by atoms with E-state index in [2.05, 4.69) is 5.32 Å². The molecule has 5 nitrogen and oxygen atoms in total. The van der Waals surface area contributed by atoms with Gasteiger partial charge in [-0.15, -0.1) is 0 Å². The van der Waals surface area contributed by atoms with Crippen LogP contribution in [0.4, 0.5) is 0 Å². The fourth-order valence-electron chi connectivity index (χ4n) is 2.28. The van der Waals surface area contributed by atoms with Crippen molar-refractivity contribution in [1.29, 1.82) is 0 Å². The molecule has 0 aliphatic carbocycles. The van der Waals surface area contributed by atoms with Gasteiger partial charge in [0.25, 0.3) is 0 Å². The average Bonchev–Trinajstić information content (AvgIpc) is 2.82. The summed E-state index contributed by atoms with van der Waals surface area (Å²) in [7, 11) is 1.57. The van der Waals surface area contributed by atoms with Crippen molar-refractivity contribution in [3.05, 3.63) is 35.5 Å². The van der Waals surface area contributed by atoms with Crippen LogP contribution >= 0.6 is 11.6 Å². The van der Waals surface area contributed by atoms with Crippen LogP contribution in [-0.4, -0.2) is 41.9 Å². The Kier molecular flexibility index (Phi) is 5.61. The van der Waals surface area contributed by atoms with E-state index in [1.54, 1.807) is 7.11 Å². The summed E-state index contributed by atoms with van der Waals surface area (Å²) in [4.78, 5) is 12.1. The standard InChI is InChI=1S/C15H19ClN2O3/c1-21-10-13(5-7-19)17-15(20)9-18-6-4-11-2-3-12(16)8-14(11)18/h2-4,6,8,13,19H,5,7,9-10H2,1H3,(H,17,20)/t13-/m1/s1. The van der Waals surface area contributed by atoms with Crippen molar-refractivity contribution in [1.82, 2.24) is 9.88 Å². The molecule has 1 aromatic carbocycles. The number of carbonyl (C=O) groups excluding carboxylic acids is 1. The van der Waals surface area contributed by atoms with Gasteiger partial charge in [0.2, 0.25) is 5.91 Å². The fraction of sp³-hybridized carbons (Fsp3) is 0.400. The zero-order valence-electron chi connectivity index (χ0n) is 11.9. The first-order chi connectivity index (χ1) is 10.1. The Bertz CT molecular complexity index is 606. The lowest BCUT2D eigenvalue weighted by molar-refractivity contribution is -0.122. The first-order valence-electron chi connectivity index (χ1n) is 6.77. The maximum atomic E-state index is 12.1. The summed E-state index contributed by atoms with van der Waals surface area (Å²) in [5.74, 6) is -0.122. The molecule has 0 aliphatic heterocycles. The number of rotatable bonds is 7. The molecule has 0 saturated heterocycles. The number of carbonyl (C=O) groups is 1. The summed E-state index contributed by atoms with van der Waals surface area (Å²) in [6, 6.07) is 7.34. The van der Waals surface area contributed by atoms with E-state index in [1.807, 2.05) is 35.0 Å². The molecule has 2 rings (SSSR count). The van der Waals surface area contributed by atoms with Gasteiger partial charge in [-0.3, -0.25) is 4.79 Å². The van der Waals surface area contributed by atoms with Crippen LogP contribution in [0, 0.1) is 0 Å². The van der Waals surface area contributed by atoms with Gasteiger partial charge in [0, 0.05) is 30.5 Å². The van der Waals surface area contributed by atoms with Gasteiger partial charge < -0.3 is 19.7 Å². The van der Waals surface area contributed by atoms with E-state index < -0.39 is 0 Å².